The van der Waals surface area contributed by atoms with E-state index in [9.17, 15) is 23.6 Å². The lowest BCUT2D eigenvalue weighted by molar-refractivity contribution is -0.135. The van der Waals surface area contributed by atoms with Crippen LogP contribution in [-0.2, 0) is 22.8 Å². The maximum atomic E-state index is 13.4. The van der Waals surface area contributed by atoms with Gasteiger partial charge in [0, 0.05) is 18.5 Å². The lowest BCUT2D eigenvalue weighted by Gasteiger charge is -2.24. The van der Waals surface area contributed by atoms with Gasteiger partial charge in [0.05, 0.1) is 10.9 Å². The van der Waals surface area contributed by atoms with Gasteiger partial charge in [-0.1, -0.05) is 24.3 Å². The number of aromatic nitrogens is 2. The molecule has 0 radical (unpaired) electrons. The highest BCUT2D eigenvalue weighted by molar-refractivity contribution is 5.99. The van der Waals surface area contributed by atoms with Gasteiger partial charge < -0.3 is 5.32 Å². The Morgan fingerprint density at radius 3 is 2.62 bits per heavy atom. The van der Waals surface area contributed by atoms with Gasteiger partial charge in [-0.3, -0.25) is 29.1 Å². The first kappa shape index (κ1) is 21.4. The van der Waals surface area contributed by atoms with Crippen molar-refractivity contribution in [1.82, 2.24) is 20.2 Å². The van der Waals surface area contributed by atoms with E-state index in [1.807, 2.05) is 0 Å². The van der Waals surface area contributed by atoms with E-state index in [1.165, 1.54) is 28.8 Å². The number of carbonyl (C=O) groups is 3. The van der Waals surface area contributed by atoms with Gasteiger partial charge in [0.15, 0.2) is 0 Å². The molecule has 1 aliphatic rings. The van der Waals surface area contributed by atoms with Crippen LogP contribution in [0.1, 0.15) is 46.2 Å². The Hall–Kier alpha value is -3.88. The van der Waals surface area contributed by atoms with Gasteiger partial charge >= 0.3 is 0 Å². The summed E-state index contributed by atoms with van der Waals surface area (Å²) in [5, 5.41) is 5.33. The molecule has 2 N–H and O–H groups in total. The second-order valence-electron chi connectivity index (χ2n) is 7.63. The third-order valence-corrected chi connectivity index (χ3v) is 5.52. The molecule has 1 aliphatic heterocycles. The lowest BCUT2D eigenvalue weighted by Crippen LogP contribution is -2.45. The monoisotopic (exact) mass is 436 g/mol. The van der Waals surface area contributed by atoms with E-state index >= 15 is 0 Å². The van der Waals surface area contributed by atoms with E-state index in [2.05, 4.69) is 15.6 Å². The van der Waals surface area contributed by atoms with Crippen molar-refractivity contribution in [3.63, 3.8) is 0 Å². The number of hydrogen-bond acceptors (Lipinski definition) is 5. The molecule has 164 valence electrons. The quantitative estimate of drug-likeness (QED) is 0.595. The van der Waals surface area contributed by atoms with Crippen molar-refractivity contribution in [1.29, 1.82) is 0 Å². The Kier molecular flexibility index (Phi) is 5.81. The molecular formula is C23H21FN4O4. The summed E-state index contributed by atoms with van der Waals surface area (Å²) in [6.45, 7) is 1.10. The predicted molar refractivity (Wildman–Crippen MR) is 115 cm³/mol. The van der Waals surface area contributed by atoms with Gasteiger partial charge in [0.1, 0.15) is 18.5 Å². The first-order valence-electron chi connectivity index (χ1n) is 10.2. The van der Waals surface area contributed by atoms with Gasteiger partial charge in [-0.25, -0.2) is 9.37 Å². The molecule has 1 fully saturated rings. The van der Waals surface area contributed by atoms with Gasteiger partial charge in [-0.2, -0.15) is 0 Å². The molecule has 1 saturated heterocycles. The minimum absolute atomic E-state index is 0.0658. The third-order valence-electron chi connectivity index (χ3n) is 5.52. The molecule has 32 heavy (non-hydrogen) atoms. The topological polar surface area (TPSA) is 110 Å². The normalized spacial score (nSPS) is 16.1. The van der Waals surface area contributed by atoms with Crippen LogP contribution >= 0.6 is 0 Å². The molecule has 0 spiro atoms. The standard InChI is InChI=1S/C23H21FN4O4/c1-13-26-17-4-2-3-16(12-25-21(30)15-7-5-14(11-24)6-8-15)20(17)23(32)28(13)18-9-10-19(29)27-22(18)31/h2-8,18H,9-12H2,1H3,(H,25,30)(H,27,29,31). The number of rotatable bonds is 5. The van der Waals surface area contributed by atoms with E-state index in [0.717, 1.165) is 0 Å². The summed E-state index contributed by atoms with van der Waals surface area (Å²) in [4.78, 5) is 54.2. The summed E-state index contributed by atoms with van der Waals surface area (Å²) < 4.78 is 14.0. The predicted octanol–water partition coefficient (Wildman–Crippen LogP) is 2.08. The number of amides is 3. The molecule has 8 nitrogen and oxygen atoms in total. The van der Waals surface area contributed by atoms with E-state index in [1.54, 1.807) is 25.1 Å². The number of halogens is 1. The molecule has 3 aromatic rings. The summed E-state index contributed by atoms with van der Waals surface area (Å²) in [6, 6.07) is 10.5. The fourth-order valence-corrected chi connectivity index (χ4v) is 3.89. The lowest BCUT2D eigenvalue weighted by atomic mass is 10.0. The molecule has 0 aliphatic carbocycles. The second kappa shape index (κ2) is 8.70. The Balaban J connectivity index is 1.66. The SMILES string of the molecule is Cc1nc2cccc(CNC(=O)c3ccc(CF)cc3)c2c(=O)n1C1CCC(=O)NC1=O. The van der Waals surface area contributed by atoms with Crippen molar-refractivity contribution in [2.45, 2.75) is 39.0 Å². The minimum Gasteiger partial charge on any atom is -0.348 e. The van der Waals surface area contributed by atoms with E-state index in [-0.39, 0.29) is 31.2 Å². The van der Waals surface area contributed by atoms with Gasteiger partial charge in [-0.05, 0) is 42.7 Å². The highest BCUT2D eigenvalue weighted by atomic mass is 19.1. The minimum atomic E-state index is -0.825. The third kappa shape index (κ3) is 4.01. The van der Waals surface area contributed by atoms with Crippen molar-refractivity contribution in [2.24, 2.45) is 0 Å². The molecule has 2 aromatic carbocycles. The Morgan fingerprint density at radius 1 is 1.19 bits per heavy atom. The molecule has 1 aromatic heterocycles. The van der Waals surface area contributed by atoms with Crippen LogP contribution in [0.4, 0.5) is 4.39 Å². The van der Waals surface area contributed by atoms with Crippen LogP contribution in [0.3, 0.4) is 0 Å². The molecule has 1 atom stereocenters. The summed E-state index contributed by atoms with van der Waals surface area (Å²) in [6.07, 6.45) is 0.353. The molecule has 2 heterocycles. The van der Waals surface area contributed by atoms with Crippen molar-refractivity contribution in [3.05, 3.63) is 75.3 Å². The van der Waals surface area contributed by atoms with Crippen molar-refractivity contribution in [2.75, 3.05) is 0 Å². The first-order chi connectivity index (χ1) is 15.4. The summed E-state index contributed by atoms with van der Waals surface area (Å²) in [7, 11) is 0. The number of nitrogens with one attached hydrogen (secondary N) is 2. The largest absolute Gasteiger partial charge is 0.348 e. The summed E-state index contributed by atoms with van der Waals surface area (Å²) in [5.41, 5.74) is 1.45. The summed E-state index contributed by atoms with van der Waals surface area (Å²) >= 11 is 0. The van der Waals surface area contributed by atoms with E-state index in [4.69, 9.17) is 0 Å². The van der Waals surface area contributed by atoms with Gasteiger partial charge in [0.25, 0.3) is 11.5 Å². The van der Waals surface area contributed by atoms with Crippen LogP contribution in [0.5, 0.6) is 0 Å². The smallest absolute Gasteiger partial charge is 0.262 e. The van der Waals surface area contributed by atoms with Gasteiger partial charge in [0.2, 0.25) is 11.8 Å². The number of hydrogen-bond donors (Lipinski definition) is 2. The fraction of sp³-hybridized carbons (Fsp3) is 0.261. The van der Waals surface area contributed by atoms with Crippen LogP contribution in [0.2, 0.25) is 0 Å². The number of benzene rings is 2. The number of carbonyl (C=O) groups excluding carboxylic acids is 3. The van der Waals surface area contributed by atoms with E-state index in [0.29, 0.717) is 33.4 Å². The Morgan fingerprint density at radius 2 is 1.94 bits per heavy atom. The zero-order valence-corrected chi connectivity index (χ0v) is 17.4. The maximum Gasteiger partial charge on any atom is 0.262 e. The zero-order chi connectivity index (χ0) is 22.8. The second-order valence-corrected chi connectivity index (χ2v) is 7.63. The summed E-state index contributed by atoms with van der Waals surface area (Å²) in [5.74, 6) is -0.895. The molecule has 3 amide bonds. The van der Waals surface area contributed by atoms with Crippen molar-refractivity contribution < 1.29 is 18.8 Å². The van der Waals surface area contributed by atoms with Crippen molar-refractivity contribution in [3.8, 4) is 0 Å². The average molecular weight is 436 g/mol. The molecule has 0 saturated carbocycles. The highest BCUT2D eigenvalue weighted by Gasteiger charge is 2.30. The van der Waals surface area contributed by atoms with E-state index < -0.39 is 24.2 Å². The maximum absolute atomic E-state index is 13.4. The van der Waals surface area contributed by atoms with Crippen LogP contribution < -0.4 is 16.2 Å². The number of alkyl halides is 1. The molecule has 1 unspecified atom stereocenters. The van der Waals surface area contributed by atoms with Gasteiger partial charge in [-0.15, -0.1) is 0 Å². The molecular weight excluding hydrogens is 415 g/mol. The Labute approximate surface area is 182 Å². The number of imide groups is 1. The molecule has 4 rings (SSSR count). The van der Waals surface area contributed by atoms with Crippen LogP contribution in [-0.4, -0.2) is 27.3 Å². The van der Waals surface area contributed by atoms with Crippen LogP contribution in [0.25, 0.3) is 10.9 Å². The Bertz CT molecular complexity index is 1280. The zero-order valence-electron chi connectivity index (χ0n) is 17.4. The van der Waals surface area contributed by atoms with Crippen molar-refractivity contribution >= 4 is 28.6 Å². The fourth-order valence-electron chi connectivity index (χ4n) is 3.89. The number of piperidine rings is 1. The number of fused-ring (bicyclic) bond motifs is 1. The van der Waals surface area contributed by atoms with Crippen LogP contribution in [0.15, 0.2) is 47.3 Å². The number of aryl methyl sites for hydroxylation is 1. The highest BCUT2D eigenvalue weighted by Crippen LogP contribution is 2.21. The molecule has 0 bridgehead atoms. The van der Waals surface area contributed by atoms with Crippen LogP contribution in [0, 0.1) is 6.92 Å². The number of nitrogens with zero attached hydrogens (tertiary/aromatic N) is 2. The average Bonchev–Trinajstić information content (AvgIpc) is 2.78. The first-order valence-corrected chi connectivity index (χ1v) is 10.2. The molecule has 9 heteroatoms.